The van der Waals surface area contributed by atoms with E-state index in [-0.39, 0.29) is 66.0 Å². The van der Waals surface area contributed by atoms with Crippen molar-refractivity contribution in [2.75, 3.05) is 46.4 Å². The van der Waals surface area contributed by atoms with Gasteiger partial charge in [0, 0.05) is 93.3 Å². The first-order chi connectivity index (χ1) is 27.9. The van der Waals surface area contributed by atoms with Crippen LogP contribution in [0.15, 0.2) is 30.4 Å². The van der Waals surface area contributed by atoms with Gasteiger partial charge in [-0.05, 0) is 19.9 Å². The highest BCUT2D eigenvalue weighted by atomic mass is 16.5. The maximum atomic E-state index is 13.7. The number of aliphatic hydroxyl groups excluding tert-OH is 1. The third kappa shape index (κ3) is 7.40. The van der Waals surface area contributed by atoms with Crippen LogP contribution >= 0.6 is 0 Å². The van der Waals surface area contributed by atoms with Crippen molar-refractivity contribution in [1.29, 1.82) is 0 Å². The third-order valence-electron chi connectivity index (χ3n) is 11.5. The number of carbonyl (C=O) groups is 8. The Labute approximate surface area is 336 Å². The van der Waals surface area contributed by atoms with E-state index < -0.39 is 106 Å². The predicted molar refractivity (Wildman–Crippen MR) is 202 cm³/mol. The number of aromatic hydroxyl groups is 2. The van der Waals surface area contributed by atoms with E-state index in [1.165, 1.54) is 44.1 Å². The molecule has 0 bridgehead atoms. The molecule has 2 aromatic carbocycles. The Hall–Kier alpha value is -6.18. The molecule has 7 N–H and O–H groups in total. The summed E-state index contributed by atoms with van der Waals surface area (Å²) in [5, 5.41) is 53.3. The zero-order valence-electron chi connectivity index (χ0n) is 32.4. The Morgan fingerprint density at radius 1 is 0.881 bits per heavy atom. The molecule has 5 aliphatic rings. The number of hydrogen-bond acceptors (Lipinski definition) is 14. The summed E-state index contributed by atoms with van der Waals surface area (Å²) in [5.41, 5.74) is -3.75. The third-order valence-corrected chi connectivity index (χ3v) is 11.5. The van der Waals surface area contributed by atoms with Crippen molar-refractivity contribution >= 4 is 47.0 Å². The first-order valence-corrected chi connectivity index (χ1v) is 19.1. The number of rotatable bonds is 12. The first kappa shape index (κ1) is 41.0. The predicted octanol–water partition coefficient (Wildman–Crippen LogP) is -1.82. The highest BCUT2D eigenvalue weighted by molar-refractivity contribution is 6.31. The lowest BCUT2D eigenvalue weighted by Gasteiger charge is -2.49. The summed E-state index contributed by atoms with van der Waals surface area (Å²) in [5.74, 6) is -6.14. The number of phenolic OH excluding ortho intramolecular Hbond substituents is 2. The van der Waals surface area contributed by atoms with E-state index in [1.54, 1.807) is 0 Å². The number of nitrogens with one attached hydrogen (secondary N) is 3. The van der Waals surface area contributed by atoms with Crippen molar-refractivity contribution in [3.63, 3.8) is 0 Å². The topological polar surface area (TPSA) is 273 Å². The SMILES string of the molecule is COc1cccc2c1C(=O)c1c(O)c3c(c(O)c1C2=O)C[C@@](O)(C(=O)N1CC(CN2CC(NC(=O)[C@H](C)NC(=O)[C@H](C)NC(=O)CCN4C(=O)C=CC4=O)C2)C1)C[C@@H]3O. The Morgan fingerprint density at radius 2 is 1.53 bits per heavy atom. The summed E-state index contributed by atoms with van der Waals surface area (Å²) in [4.78, 5) is 106. The van der Waals surface area contributed by atoms with Crippen LogP contribution < -0.4 is 20.7 Å². The minimum absolute atomic E-state index is 0.0352. The molecule has 19 nitrogen and oxygen atoms in total. The Morgan fingerprint density at radius 3 is 2.19 bits per heavy atom. The van der Waals surface area contributed by atoms with E-state index >= 15 is 0 Å². The van der Waals surface area contributed by atoms with Gasteiger partial charge in [0.25, 0.3) is 17.7 Å². The summed E-state index contributed by atoms with van der Waals surface area (Å²) in [6.07, 6.45) is -0.687. The standard InChI is InChI=1S/C40H44N6O13/c1-18(41-26(48)9-10-46-27(49)7-8-28(46)50)37(55)42-19(2)38(56)43-21-16-44(17-21)13-20-14-45(15-20)39(57)40(58)11-23-29(24(47)12-40)35(53)32-31(34(23)52)33(51)22-5-4-6-25(59-3)30(22)36(32)54/h4-8,18-21,24,47,52-53,58H,9-17H2,1-3H3,(H,41,48)(H,42,55)(H,43,56)/t18-,19-,24-,40-/m0/s1. The summed E-state index contributed by atoms with van der Waals surface area (Å²) < 4.78 is 5.26. The molecule has 0 saturated carbocycles. The van der Waals surface area contributed by atoms with Gasteiger partial charge < -0.3 is 46.0 Å². The second-order valence-corrected chi connectivity index (χ2v) is 15.7. The van der Waals surface area contributed by atoms with Gasteiger partial charge in [-0.1, -0.05) is 12.1 Å². The minimum Gasteiger partial charge on any atom is -0.507 e. The van der Waals surface area contributed by atoms with Gasteiger partial charge >= 0.3 is 0 Å². The second-order valence-electron chi connectivity index (χ2n) is 15.7. The fraction of sp³-hybridized carbons (Fsp3) is 0.450. The van der Waals surface area contributed by atoms with Gasteiger partial charge in [0.2, 0.25) is 23.5 Å². The van der Waals surface area contributed by atoms with Crippen molar-refractivity contribution < 1.29 is 63.5 Å². The molecule has 6 amide bonds. The van der Waals surface area contributed by atoms with Gasteiger partial charge in [0.15, 0.2) is 5.78 Å². The van der Waals surface area contributed by atoms with Gasteiger partial charge in [-0.3, -0.25) is 48.2 Å². The molecule has 2 aromatic rings. The van der Waals surface area contributed by atoms with Crippen LogP contribution in [0.2, 0.25) is 0 Å². The first-order valence-electron chi connectivity index (χ1n) is 19.1. The van der Waals surface area contributed by atoms with Crippen molar-refractivity contribution in [3.8, 4) is 17.2 Å². The average Bonchev–Trinajstić information content (AvgIpc) is 3.48. The molecule has 4 atom stereocenters. The van der Waals surface area contributed by atoms with Crippen molar-refractivity contribution in [1.82, 2.24) is 30.7 Å². The van der Waals surface area contributed by atoms with E-state index in [4.69, 9.17) is 4.74 Å². The van der Waals surface area contributed by atoms with Crippen LogP contribution in [-0.2, 0) is 35.2 Å². The summed E-state index contributed by atoms with van der Waals surface area (Å²) >= 11 is 0. The Balaban J connectivity index is 0.866. The highest BCUT2D eigenvalue weighted by Crippen LogP contribution is 2.51. The number of ether oxygens (including phenoxy) is 1. The number of benzene rings is 2. The molecule has 2 fully saturated rings. The van der Waals surface area contributed by atoms with Gasteiger partial charge in [0.05, 0.1) is 35.9 Å². The molecule has 0 radical (unpaired) electrons. The number of amides is 6. The van der Waals surface area contributed by atoms with Crippen molar-refractivity contribution in [2.24, 2.45) is 5.92 Å². The average molecular weight is 817 g/mol. The fourth-order valence-electron chi connectivity index (χ4n) is 8.40. The molecule has 2 saturated heterocycles. The number of likely N-dealkylation sites (tertiary alicyclic amines) is 2. The molecular weight excluding hydrogens is 772 g/mol. The van der Waals surface area contributed by atoms with Gasteiger partial charge in [0.1, 0.15) is 34.9 Å². The zero-order valence-corrected chi connectivity index (χ0v) is 32.4. The molecule has 59 heavy (non-hydrogen) atoms. The number of imide groups is 1. The van der Waals surface area contributed by atoms with Gasteiger partial charge in [-0.15, -0.1) is 0 Å². The maximum Gasteiger partial charge on any atom is 0.255 e. The summed E-state index contributed by atoms with van der Waals surface area (Å²) in [7, 11) is 1.32. The lowest BCUT2D eigenvalue weighted by atomic mass is 9.72. The number of phenols is 2. The van der Waals surface area contributed by atoms with Crippen LogP contribution in [0.3, 0.4) is 0 Å². The van der Waals surface area contributed by atoms with Crippen molar-refractivity contribution in [3.05, 3.63) is 63.7 Å². The van der Waals surface area contributed by atoms with Crippen LogP contribution in [0.4, 0.5) is 0 Å². The van der Waals surface area contributed by atoms with Crippen LogP contribution in [0.5, 0.6) is 17.2 Å². The lowest BCUT2D eigenvalue weighted by Crippen LogP contribution is -2.66. The quantitative estimate of drug-likeness (QED) is 0.0784. The summed E-state index contributed by atoms with van der Waals surface area (Å²) in [6, 6.07) is 2.26. The van der Waals surface area contributed by atoms with Gasteiger partial charge in [-0.2, -0.15) is 0 Å². The number of carbonyl (C=O) groups excluding carboxylic acids is 8. The Kier molecular flexibility index (Phi) is 10.8. The smallest absolute Gasteiger partial charge is 0.255 e. The molecular formula is C40H44N6O13. The maximum absolute atomic E-state index is 13.7. The number of nitrogens with zero attached hydrogens (tertiary/aromatic N) is 3. The zero-order chi connectivity index (χ0) is 42.7. The highest BCUT2D eigenvalue weighted by Gasteiger charge is 2.51. The molecule has 312 valence electrons. The van der Waals surface area contributed by atoms with Crippen LogP contribution in [-0.4, -0.2) is 152 Å². The second kappa shape index (κ2) is 15.5. The molecule has 3 heterocycles. The monoisotopic (exact) mass is 816 g/mol. The van der Waals surface area contributed by atoms with E-state index in [2.05, 4.69) is 20.9 Å². The number of ketones is 2. The van der Waals surface area contributed by atoms with Crippen LogP contribution in [0.25, 0.3) is 0 Å². The van der Waals surface area contributed by atoms with Gasteiger partial charge in [-0.25, -0.2) is 0 Å². The van der Waals surface area contributed by atoms with E-state index in [9.17, 15) is 58.8 Å². The lowest BCUT2D eigenvalue weighted by molar-refractivity contribution is -0.163. The molecule has 2 aliphatic carbocycles. The molecule has 7 rings (SSSR count). The molecule has 3 aliphatic heterocycles. The Bertz CT molecular complexity index is 2210. The largest absolute Gasteiger partial charge is 0.507 e. The van der Waals surface area contributed by atoms with E-state index in [0.717, 1.165) is 17.1 Å². The summed E-state index contributed by atoms with van der Waals surface area (Å²) in [6.45, 7) is 5.00. The molecule has 19 heteroatoms. The normalized spacial score (nSPS) is 22.4. The van der Waals surface area contributed by atoms with E-state index in [0.29, 0.717) is 19.6 Å². The van der Waals surface area contributed by atoms with Crippen LogP contribution in [0.1, 0.15) is 75.8 Å². The minimum atomic E-state index is -2.19. The molecule has 0 unspecified atom stereocenters. The number of fused-ring (bicyclic) bond motifs is 3. The molecule has 0 spiro atoms. The number of aliphatic hydroxyl groups is 2. The van der Waals surface area contributed by atoms with Crippen molar-refractivity contribution in [2.45, 2.75) is 62.9 Å². The van der Waals surface area contributed by atoms with Crippen LogP contribution in [0, 0.1) is 5.92 Å². The fourth-order valence-corrected chi connectivity index (χ4v) is 8.40. The number of methoxy groups -OCH3 is 1. The van der Waals surface area contributed by atoms with E-state index in [1.807, 2.05) is 0 Å². The number of hydrogen-bond donors (Lipinski definition) is 7. The molecule has 0 aromatic heterocycles.